The minimum absolute atomic E-state index is 0.0610. The first kappa shape index (κ1) is 19.3. The van der Waals surface area contributed by atoms with Gasteiger partial charge in [-0.3, -0.25) is 0 Å². The molecule has 2 aromatic rings. The van der Waals surface area contributed by atoms with Gasteiger partial charge in [0, 0.05) is 37.9 Å². The van der Waals surface area contributed by atoms with E-state index in [1.54, 1.807) is 6.20 Å². The highest BCUT2D eigenvalue weighted by Gasteiger charge is 2.29. The lowest BCUT2D eigenvalue weighted by Gasteiger charge is -2.31. The van der Waals surface area contributed by atoms with Crippen LogP contribution in [0.1, 0.15) is 22.8 Å². The van der Waals surface area contributed by atoms with Crippen LogP contribution in [0.25, 0.3) is 5.69 Å². The van der Waals surface area contributed by atoms with Crippen molar-refractivity contribution in [1.82, 2.24) is 19.0 Å². The molecule has 0 unspecified atom stereocenters. The van der Waals surface area contributed by atoms with Crippen LogP contribution in [0.4, 0.5) is 5.82 Å². The van der Waals surface area contributed by atoms with E-state index in [4.69, 9.17) is 5.73 Å². The van der Waals surface area contributed by atoms with Gasteiger partial charge >= 0.3 is 5.97 Å². The van der Waals surface area contributed by atoms with Crippen LogP contribution in [0.2, 0.25) is 0 Å². The normalized spacial score (nSPS) is 16.5. The summed E-state index contributed by atoms with van der Waals surface area (Å²) in [5.74, 6) is -0.871. The second-order valence-corrected chi connectivity index (χ2v) is 8.50. The maximum Gasteiger partial charge on any atom is 0.335 e. The predicted molar refractivity (Wildman–Crippen MR) is 101 cm³/mol. The van der Waals surface area contributed by atoms with Crippen molar-refractivity contribution in [3.63, 3.8) is 0 Å². The van der Waals surface area contributed by atoms with Gasteiger partial charge in [-0.05, 0) is 31.7 Å². The monoisotopic (exact) mass is 393 g/mol. The summed E-state index contributed by atoms with van der Waals surface area (Å²) in [5.41, 5.74) is 6.89. The molecule has 1 fully saturated rings. The fourth-order valence-electron chi connectivity index (χ4n) is 2.99. The van der Waals surface area contributed by atoms with Gasteiger partial charge in [0.1, 0.15) is 5.82 Å². The van der Waals surface area contributed by atoms with Crippen LogP contribution in [0.15, 0.2) is 29.3 Å². The maximum atomic E-state index is 13.0. The zero-order valence-corrected chi connectivity index (χ0v) is 16.1. The van der Waals surface area contributed by atoms with E-state index in [1.165, 1.54) is 27.2 Å². The van der Waals surface area contributed by atoms with E-state index in [-0.39, 0.29) is 10.5 Å². The van der Waals surface area contributed by atoms with Crippen LogP contribution in [0, 0.1) is 0 Å². The number of nitrogen functional groups attached to an aromatic ring is 1. The van der Waals surface area contributed by atoms with Crippen molar-refractivity contribution in [1.29, 1.82) is 0 Å². The van der Waals surface area contributed by atoms with Crippen molar-refractivity contribution in [2.24, 2.45) is 0 Å². The molecular formula is C17H23N5O4S. The quantitative estimate of drug-likeness (QED) is 0.765. The number of anilines is 1. The van der Waals surface area contributed by atoms with Crippen LogP contribution in [0.5, 0.6) is 0 Å². The highest BCUT2D eigenvalue weighted by molar-refractivity contribution is 7.89. The van der Waals surface area contributed by atoms with Crippen molar-refractivity contribution in [3.05, 3.63) is 35.5 Å². The van der Waals surface area contributed by atoms with Crippen molar-refractivity contribution in [3.8, 4) is 5.69 Å². The number of carboxylic acids is 1. The van der Waals surface area contributed by atoms with Crippen LogP contribution in [-0.4, -0.2) is 71.7 Å². The zero-order chi connectivity index (χ0) is 19.8. The molecule has 1 aromatic carbocycles. The number of aromatic nitrogens is 2. The van der Waals surface area contributed by atoms with E-state index in [1.807, 2.05) is 18.9 Å². The lowest BCUT2D eigenvalue weighted by atomic mass is 10.2. The van der Waals surface area contributed by atoms with Crippen LogP contribution in [0.3, 0.4) is 0 Å². The molecular weight excluding hydrogens is 370 g/mol. The zero-order valence-electron chi connectivity index (χ0n) is 15.3. The average Bonchev–Trinajstić information content (AvgIpc) is 3.02. The number of hydrogen-bond acceptors (Lipinski definition) is 6. The topological polar surface area (TPSA) is 122 Å². The summed E-state index contributed by atoms with van der Waals surface area (Å²) in [6.07, 6.45) is 2.35. The van der Waals surface area contributed by atoms with E-state index >= 15 is 0 Å². The number of nitrogens with two attached hydrogens (primary N) is 1. The molecule has 146 valence electrons. The SMILES string of the molecule is CCc1cn(-c2cc(C(=O)O)cc(S(=O)(=O)N3CCN(C)CC3)c2)nc1N. The maximum absolute atomic E-state index is 13.0. The fraction of sp³-hybridized carbons (Fsp3) is 0.412. The molecule has 10 heteroatoms. The molecule has 0 saturated carbocycles. The number of carbonyl (C=O) groups is 1. The van der Waals surface area contributed by atoms with Crippen LogP contribution in [-0.2, 0) is 16.4 Å². The van der Waals surface area contributed by atoms with E-state index in [0.717, 1.165) is 5.56 Å². The van der Waals surface area contributed by atoms with Gasteiger partial charge in [-0.1, -0.05) is 6.92 Å². The lowest BCUT2D eigenvalue weighted by molar-refractivity contribution is 0.0696. The van der Waals surface area contributed by atoms with Crippen molar-refractivity contribution in [2.45, 2.75) is 18.2 Å². The molecule has 27 heavy (non-hydrogen) atoms. The predicted octanol–water partition coefficient (Wildman–Crippen LogP) is 0.651. The van der Waals surface area contributed by atoms with Gasteiger partial charge in [-0.15, -0.1) is 0 Å². The molecule has 3 rings (SSSR count). The van der Waals surface area contributed by atoms with Crippen LogP contribution < -0.4 is 5.73 Å². The number of carboxylic acid groups (broad SMARTS) is 1. The number of rotatable bonds is 5. The number of benzene rings is 1. The molecule has 0 spiro atoms. The first-order valence-corrected chi connectivity index (χ1v) is 10.1. The number of nitrogens with zero attached hydrogens (tertiary/aromatic N) is 4. The second kappa shape index (κ2) is 7.29. The molecule has 0 amide bonds. The van der Waals surface area contributed by atoms with Gasteiger partial charge in [0.25, 0.3) is 0 Å². The molecule has 0 bridgehead atoms. The van der Waals surface area contributed by atoms with E-state index < -0.39 is 16.0 Å². The van der Waals surface area contributed by atoms with E-state index in [2.05, 4.69) is 5.10 Å². The first-order chi connectivity index (χ1) is 12.7. The number of piperazine rings is 1. The molecule has 0 atom stereocenters. The third-order valence-electron chi connectivity index (χ3n) is 4.71. The Labute approximate surface area is 158 Å². The van der Waals surface area contributed by atoms with E-state index in [9.17, 15) is 18.3 Å². The van der Waals surface area contributed by atoms with E-state index in [0.29, 0.717) is 44.1 Å². The van der Waals surface area contributed by atoms with Crippen molar-refractivity contribution >= 4 is 21.8 Å². The molecule has 1 aliphatic rings. The summed E-state index contributed by atoms with van der Waals surface area (Å²) in [6, 6.07) is 4.01. The summed E-state index contributed by atoms with van der Waals surface area (Å²) < 4.78 is 28.9. The van der Waals surface area contributed by atoms with Gasteiger partial charge in [-0.2, -0.15) is 9.40 Å². The molecule has 1 aliphatic heterocycles. The molecule has 9 nitrogen and oxygen atoms in total. The fourth-order valence-corrected chi connectivity index (χ4v) is 4.48. The Kier molecular flexibility index (Phi) is 5.22. The Balaban J connectivity index is 2.07. The smallest absolute Gasteiger partial charge is 0.335 e. The lowest BCUT2D eigenvalue weighted by Crippen LogP contribution is -2.47. The molecule has 1 aromatic heterocycles. The Morgan fingerprint density at radius 1 is 1.22 bits per heavy atom. The van der Waals surface area contributed by atoms with Gasteiger partial charge in [0.15, 0.2) is 0 Å². The number of sulfonamides is 1. The number of likely N-dealkylation sites (N-methyl/N-ethyl adjacent to an activating group) is 1. The molecule has 0 radical (unpaired) electrons. The van der Waals surface area contributed by atoms with Gasteiger partial charge in [0.05, 0.1) is 16.1 Å². The van der Waals surface area contributed by atoms with Crippen LogP contribution >= 0.6 is 0 Å². The number of aromatic carboxylic acids is 1. The molecule has 3 N–H and O–H groups in total. The Bertz CT molecular complexity index is 962. The summed E-state index contributed by atoms with van der Waals surface area (Å²) in [7, 11) is -1.88. The third-order valence-corrected chi connectivity index (χ3v) is 6.58. The standard InChI is InChI=1S/C17H23N5O4S/c1-3-12-11-22(19-16(12)18)14-8-13(17(23)24)9-15(10-14)27(25,26)21-6-4-20(2)5-7-21/h8-11H,3-7H2,1-2H3,(H2,18,19)(H,23,24). The van der Waals surface area contributed by atoms with Gasteiger partial charge in [0.2, 0.25) is 10.0 Å². The average molecular weight is 393 g/mol. The Hall–Kier alpha value is -2.43. The Morgan fingerprint density at radius 3 is 2.44 bits per heavy atom. The van der Waals surface area contributed by atoms with Gasteiger partial charge < -0.3 is 15.7 Å². The summed E-state index contributed by atoms with van der Waals surface area (Å²) in [5, 5.41) is 13.6. The first-order valence-electron chi connectivity index (χ1n) is 8.64. The Morgan fingerprint density at radius 2 is 1.89 bits per heavy atom. The van der Waals surface area contributed by atoms with Crippen molar-refractivity contribution in [2.75, 3.05) is 39.0 Å². The molecule has 0 aliphatic carbocycles. The second-order valence-electron chi connectivity index (χ2n) is 6.57. The van der Waals surface area contributed by atoms with Crippen molar-refractivity contribution < 1.29 is 18.3 Å². The highest BCUT2D eigenvalue weighted by atomic mass is 32.2. The highest BCUT2D eigenvalue weighted by Crippen LogP contribution is 2.24. The largest absolute Gasteiger partial charge is 0.478 e. The van der Waals surface area contributed by atoms with Gasteiger partial charge in [-0.25, -0.2) is 17.9 Å². The molecule has 2 heterocycles. The number of hydrogen-bond donors (Lipinski definition) is 2. The minimum Gasteiger partial charge on any atom is -0.478 e. The molecule has 1 saturated heterocycles. The summed E-state index contributed by atoms with van der Waals surface area (Å²) in [4.78, 5) is 13.5. The summed E-state index contributed by atoms with van der Waals surface area (Å²) >= 11 is 0. The third kappa shape index (κ3) is 3.82. The minimum atomic E-state index is -3.81. The summed E-state index contributed by atoms with van der Waals surface area (Å²) in [6.45, 7) is 3.90. The number of aryl methyl sites for hydroxylation is 1.